The van der Waals surface area contributed by atoms with E-state index in [0.717, 1.165) is 48.1 Å². The zero-order valence-electron chi connectivity index (χ0n) is 16.2. The fourth-order valence-electron chi connectivity index (χ4n) is 4.04. The predicted molar refractivity (Wildman–Crippen MR) is 115 cm³/mol. The number of carbonyl (C=O) groups excluding carboxylic acids is 1. The van der Waals surface area contributed by atoms with E-state index in [0.29, 0.717) is 10.9 Å². The van der Waals surface area contributed by atoms with Crippen molar-refractivity contribution < 1.29 is 9.18 Å². The summed E-state index contributed by atoms with van der Waals surface area (Å²) in [7, 11) is 0. The molecular formula is C23H23ClFN3O. The van der Waals surface area contributed by atoms with E-state index in [-0.39, 0.29) is 17.8 Å². The fourth-order valence-corrected chi connectivity index (χ4v) is 4.17. The van der Waals surface area contributed by atoms with Gasteiger partial charge in [-0.15, -0.1) is 0 Å². The number of nitrogens with one attached hydrogen (secondary N) is 1. The number of pyridine rings is 1. The zero-order valence-corrected chi connectivity index (χ0v) is 17.0. The first-order valence-corrected chi connectivity index (χ1v) is 10.2. The number of nitrogens with zero attached hydrogens (tertiary/aromatic N) is 2. The number of likely N-dealkylation sites (tertiary alicyclic amines) is 1. The van der Waals surface area contributed by atoms with E-state index in [9.17, 15) is 9.18 Å². The number of halogens is 2. The van der Waals surface area contributed by atoms with Crippen molar-refractivity contribution in [1.82, 2.24) is 9.88 Å². The van der Waals surface area contributed by atoms with Crippen LogP contribution in [0.5, 0.6) is 0 Å². The number of fused-ring (bicyclic) bond motifs is 1. The Hall–Kier alpha value is -2.50. The number of aromatic nitrogens is 1. The first-order valence-electron chi connectivity index (χ1n) is 9.86. The first kappa shape index (κ1) is 19.8. The summed E-state index contributed by atoms with van der Waals surface area (Å²) in [6, 6.07) is 13.6. The van der Waals surface area contributed by atoms with Gasteiger partial charge < -0.3 is 5.32 Å². The molecule has 150 valence electrons. The quantitative estimate of drug-likeness (QED) is 0.639. The Bertz CT molecular complexity index is 1020. The highest BCUT2D eigenvalue weighted by molar-refractivity contribution is 6.30. The van der Waals surface area contributed by atoms with Gasteiger partial charge in [-0.05, 0) is 92.9 Å². The highest BCUT2D eigenvalue weighted by atomic mass is 35.5. The van der Waals surface area contributed by atoms with Crippen LogP contribution >= 0.6 is 11.6 Å². The minimum Gasteiger partial charge on any atom is -0.325 e. The number of piperidine rings is 1. The molecule has 2 aromatic carbocycles. The second kappa shape index (κ2) is 8.47. The summed E-state index contributed by atoms with van der Waals surface area (Å²) in [6.07, 6.45) is 3.65. The van der Waals surface area contributed by atoms with Gasteiger partial charge in [0.25, 0.3) is 0 Å². The van der Waals surface area contributed by atoms with Crippen LogP contribution < -0.4 is 5.32 Å². The molecule has 1 aromatic heterocycles. The maximum absolute atomic E-state index is 13.8. The topological polar surface area (TPSA) is 45.2 Å². The molecule has 1 fully saturated rings. The monoisotopic (exact) mass is 411 g/mol. The second-order valence-electron chi connectivity index (χ2n) is 7.54. The number of benzene rings is 2. The molecule has 4 rings (SSSR count). The van der Waals surface area contributed by atoms with Crippen LogP contribution in [0.4, 0.5) is 10.1 Å². The van der Waals surface area contributed by atoms with Crippen molar-refractivity contribution in [3.63, 3.8) is 0 Å². The first-order chi connectivity index (χ1) is 14.0. The average Bonchev–Trinajstić information content (AvgIpc) is 2.74. The van der Waals surface area contributed by atoms with Crippen LogP contribution in [0.25, 0.3) is 10.9 Å². The van der Waals surface area contributed by atoms with Crippen molar-refractivity contribution in [3.8, 4) is 0 Å². The Balaban J connectivity index is 1.41. The minimum atomic E-state index is -0.239. The minimum absolute atomic E-state index is 0.0257. The van der Waals surface area contributed by atoms with Crippen LogP contribution in [0.3, 0.4) is 0 Å². The molecule has 1 aliphatic rings. The third kappa shape index (κ3) is 4.41. The molecule has 0 aliphatic carbocycles. The zero-order chi connectivity index (χ0) is 20.4. The molecule has 2 heterocycles. The molecule has 0 spiro atoms. The van der Waals surface area contributed by atoms with Gasteiger partial charge in [0.2, 0.25) is 5.91 Å². The predicted octanol–water partition coefficient (Wildman–Crippen LogP) is 5.23. The Kier molecular flexibility index (Phi) is 5.79. The molecule has 1 atom stereocenters. The molecule has 0 radical (unpaired) electrons. The molecule has 3 aromatic rings. The summed E-state index contributed by atoms with van der Waals surface area (Å²) in [5.41, 5.74) is 2.71. The van der Waals surface area contributed by atoms with Gasteiger partial charge in [0, 0.05) is 22.3 Å². The molecule has 0 saturated carbocycles. The van der Waals surface area contributed by atoms with E-state index in [1.807, 2.05) is 13.0 Å². The van der Waals surface area contributed by atoms with Crippen molar-refractivity contribution in [2.24, 2.45) is 0 Å². The number of amides is 1. The Morgan fingerprint density at radius 3 is 2.62 bits per heavy atom. The van der Waals surface area contributed by atoms with E-state index in [1.165, 1.54) is 6.07 Å². The number of rotatable bonds is 4. The second-order valence-corrected chi connectivity index (χ2v) is 7.98. The van der Waals surface area contributed by atoms with Gasteiger partial charge in [0.1, 0.15) is 5.82 Å². The van der Waals surface area contributed by atoms with Crippen LogP contribution in [0.15, 0.2) is 54.7 Å². The van der Waals surface area contributed by atoms with Gasteiger partial charge in [-0.3, -0.25) is 14.7 Å². The van der Waals surface area contributed by atoms with Gasteiger partial charge in [0.15, 0.2) is 0 Å². The van der Waals surface area contributed by atoms with Crippen molar-refractivity contribution in [2.45, 2.75) is 31.7 Å². The maximum Gasteiger partial charge on any atom is 0.241 e. The number of hydrogen-bond donors (Lipinski definition) is 1. The van der Waals surface area contributed by atoms with E-state index in [1.54, 1.807) is 42.6 Å². The molecule has 4 nitrogen and oxygen atoms in total. The van der Waals surface area contributed by atoms with E-state index in [2.05, 4.69) is 15.2 Å². The lowest BCUT2D eigenvalue weighted by Gasteiger charge is -2.35. The largest absolute Gasteiger partial charge is 0.325 e. The Morgan fingerprint density at radius 2 is 1.90 bits per heavy atom. The number of hydrogen-bond acceptors (Lipinski definition) is 3. The standard InChI is InChI=1S/C23H23ClFN3O/c1-15(23(29)27-19-5-2-17(24)3-6-19)28-12-9-16(10-13-28)20-8-11-26-22-7-4-18(25)14-21(20)22/h2-8,11,14-16H,9-10,12-13H2,1H3,(H,27,29). The SMILES string of the molecule is CC(C(=O)Nc1ccc(Cl)cc1)N1CCC(c2ccnc3ccc(F)cc23)CC1. The van der Waals surface area contributed by atoms with Crippen molar-refractivity contribution >= 4 is 34.1 Å². The molecule has 6 heteroatoms. The Morgan fingerprint density at radius 1 is 1.17 bits per heavy atom. The molecular weight excluding hydrogens is 389 g/mol. The van der Waals surface area contributed by atoms with Gasteiger partial charge in [-0.2, -0.15) is 0 Å². The van der Waals surface area contributed by atoms with Crippen molar-refractivity contribution in [3.05, 3.63) is 71.1 Å². The summed E-state index contributed by atoms with van der Waals surface area (Å²) < 4.78 is 13.8. The number of carbonyl (C=O) groups is 1. The summed E-state index contributed by atoms with van der Waals surface area (Å²) in [5, 5.41) is 4.48. The number of anilines is 1. The molecule has 1 aliphatic heterocycles. The lowest BCUT2D eigenvalue weighted by molar-refractivity contribution is -0.121. The molecule has 1 unspecified atom stereocenters. The lowest BCUT2D eigenvalue weighted by Crippen LogP contribution is -2.45. The third-order valence-corrected chi connectivity index (χ3v) is 6.00. The van der Waals surface area contributed by atoms with Crippen LogP contribution in [0, 0.1) is 5.82 Å². The van der Waals surface area contributed by atoms with E-state index < -0.39 is 0 Å². The van der Waals surface area contributed by atoms with Crippen LogP contribution in [-0.2, 0) is 4.79 Å². The normalized spacial score (nSPS) is 16.7. The highest BCUT2D eigenvalue weighted by Gasteiger charge is 2.28. The molecule has 1 N–H and O–H groups in total. The summed E-state index contributed by atoms with van der Waals surface area (Å²) in [4.78, 5) is 19.2. The molecule has 29 heavy (non-hydrogen) atoms. The van der Waals surface area contributed by atoms with Crippen LogP contribution in [0.2, 0.25) is 5.02 Å². The van der Waals surface area contributed by atoms with Gasteiger partial charge in [0.05, 0.1) is 11.6 Å². The van der Waals surface area contributed by atoms with Gasteiger partial charge >= 0.3 is 0 Å². The summed E-state index contributed by atoms with van der Waals surface area (Å²) >= 11 is 5.90. The molecule has 1 saturated heterocycles. The summed E-state index contributed by atoms with van der Waals surface area (Å²) in [5.74, 6) is 0.0731. The fraction of sp³-hybridized carbons (Fsp3) is 0.304. The van der Waals surface area contributed by atoms with E-state index in [4.69, 9.17) is 11.6 Å². The van der Waals surface area contributed by atoms with E-state index >= 15 is 0 Å². The molecule has 1 amide bonds. The van der Waals surface area contributed by atoms with Crippen molar-refractivity contribution in [2.75, 3.05) is 18.4 Å². The van der Waals surface area contributed by atoms with Crippen LogP contribution in [0.1, 0.15) is 31.2 Å². The smallest absolute Gasteiger partial charge is 0.241 e. The average molecular weight is 412 g/mol. The highest BCUT2D eigenvalue weighted by Crippen LogP contribution is 2.33. The van der Waals surface area contributed by atoms with Gasteiger partial charge in [-0.25, -0.2) is 4.39 Å². The molecule has 0 bridgehead atoms. The maximum atomic E-state index is 13.8. The third-order valence-electron chi connectivity index (χ3n) is 5.75. The van der Waals surface area contributed by atoms with Crippen LogP contribution in [-0.4, -0.2) is 34.9 Å². The summed E-state index contributed by atoms with van der Waals surface area (Å²) in [6.45, 7) is 3.57. The van der Waals surface area contributed by atoms with Gasteiger partial charge in [-0.1, -0.05) is 11.6 Å². The lowest BCUT2D eigenvalue weighted by atomic mass is 9.87. The Labute approximate surface area is 174 Å². The van der Waals surface area contributed by atoms with Crippen molar-refractivity contribution in [1.29, 1.82) is 0 Å².